The van der Waals surface area contributed by atoms with E-state index in [2.05, 4.69) is 5.43 Å². The summed E-state index contributed by atoms with van der Waals surface area (Å²) < 4.78 is 0. The van der Waals surface area contributed by atoms with Crippen molar-refractivity contribution >= 4 is 28.9 Å². The van der Waals surface area contributed by atoms with E-state index < -0.39 is 0 Å². The summed E-state index contributed by atoms with van der Waals surface area (Å²) in [6, 6.07) is 5.02. The summed E-state index contributed by atoms with van der Waals surface area (Å²) in [4.78, 5) is 0. The molecule has 0 aromatic heterocycles. The van der Waals surface area contributed by atoms with E-state index in [0.717, 1.165) is 0 Å². The van der Waals surface area contributed by atoms with Crippen molar-refractivity contribution in [3.8, 4) is 0 Å². The number of nitrogen functional groups attached to an aromatic ring is 1. The maximum atomic E-state index is 5.65. The zero-order valence-electron chi connectivity index (χ0n) is 5.57. The smallest absolute Gasteiger partial charge is 0.0514 e. The molecule has 1 aromatic carbocycles. The van der Waals surface area contributed by atoms with Gasteiger partial charge in [0.1, 0.15) is 0 Å². The van der Waals surface area contributed by atoms with Crippen molar-refractivity contribution in [2.24, 2.45) is 5.84 Å². The number of hydrogen-bond donors (Lipinski definition) is 2. The first-order valence-electron chi connectivity index (χ1n) is 2.65. The van der Waals surface area contributed by atoms with Gasteiger partial charge < -0.3 is 10.9 Å². The second-order valence-electron chi connectivity index (χ2n) is 1.80. The number of anilines is 1. The maximum absolute atomic E-state index is 5.65. The van der Waals surface area contributed by atoms with Crippen LogP contribution in [0.1, 0.15) is 0 Å². The summed E-state index contributed by atoms with van der Waals surface area (Å²) in [5.41, 5.74) is 3.15. The number of rotatable bonds is 1. The first-order valence-corrected chi connectivity index (χ1v) is 3.40. The van der Waals surface area contributed by atoms with Crippen molar-refractivity contribution in [3.63, 3.8) is 0 Å². The lowest BCUT2D eigenvalue weighted by atomic mass is 10.3. The lowest BCUT2D eigenvalue weighted by Gasteiger charge is -1.99. The average molecular weight is 195 g/mol. The van der Waals surface area contributed by atoms with Gasteiger partial charge in [0, 0.05) is 10.0 Å². The molecule has 0 amide bonds. The Morgan fingerprint density at radius 2 is 1.55 bits per heavy atom. The number of hydrogen-bond acceptors (Lipinski definition) is 2. The van der Waals surface area contributed by atoms with Crippen molar-refractivity contribution in [3.05, 3.63) is 28.2 Å². The molecule has 62 valence electrons. The minimum absolute atomic E-state index is 0. The fourth-order valence-corrected chi connectivity index (χ4v) is 1.16. The summed E-state index contributed by atoms with van der Waals surface area (Å²) in [6.45, 7) is 0. The van der Waals surface area contributed by atoms with Crippen molar-refractivity contribution in [2.75, 3.05) is 5.43 Å². The zero-order valence-corrected chi connectivity index (χ0v) is 7.08. The molecule has 11 heavy (non-hydrogen) atoms. The molecule has 0 unspecified atom stereocenters. The Morgan fingerprint density at radius 1 is 1.09 bits per heavy atom. The molecular weight excluding hydrogens is 187 g/mol. The van der Waals surface area contributed by atoms with E-state index in [4.69, 9.17) is 29.0 Å². The Bertz CT molecular complexity index is 222. The highest BCUT2D eigenvalue weighted by Gasteiger charge is 1.94. The third-order valence-corrected chi connectivity index (χ3v) is 1.47. The molecule has 0 heterocycles. The quantitative estimate of drug-likeness (QED) is 0.525. The monoisotopic (exact) mass is 194 g/mol. The standard InChI is InChI=1S/C6H6Cl2N2.H2O/c7-4-1-5(8)3-6(2-4)10-9;/h1-3,10H,9H2;1H2. The lowest BCUT2D eigenvalue weighted by molar-refractivity contribution is 0.824. The predicted molar refractivity (Wildman–Crippen MR) is 47.9 cm³/mol. The van der Waals surface area contributed by atoms with Gasteiger partial charge in [-0.2, -0.15) is 0 Å². The summed E-state index contributed by atoms with van der Waals surface area (Å²) in [6.07, 6.45) is 0. The molecule has 0 radical (unpaired) electrons. The molecule has 1 rings (SSSR count). The van der Waals surface area contributed by atoms with Gasteiger partial charge in [-0.25, -0.2) is 0 Å². The molecule has 0 aliphatic rings. The van der Waals surface area contributed by atoms with Crippen LogP contribution in [-0.4, -0.2) is 5.48 Å². The molecule has 5 N–H and O–H groups in total. The van der Waals surface area contributed by atoms with Crippen LogP contribution in [-0.2, 0) is 0 Å². The summed E-state index contributed by atoms with van der Waals surface area (Å²) in [5, 5.41) is 1.14. The average Bonchev–Trinajstić information content (AvgIpc) is 1.85. The minimum Gasteiger partial charge on any atom is -0.412 e. The number of nitrogens with one attached hydrogen (secondary N) is 1. The molecular formula is C6H8Cl2N2O. The second kappa shape index (κ2) is 4.41. The number of hydrazine groups is 1. The van der Waals surface area contributed by atoms with Crippen LogP contribution in [0.15, 0.2) is 18.2 Å². The normalized spacial score (nSPS) is 8.64. The fourth-order valence-electron chi connectivity index (χ4n) is 0.637. The Balaban J connectivity index is 0.000001000. The van der Waals surface area contributed by atoms with Gasteiger partial charge >= 0.3 is 0 Å². The SMILES string of the molecule is NNc1cc(Cl)cc(Cl)c1.O. The molecule has 0 aliphatic carbocycles. The highest BCUT2D eigenvalue weighted by atomic mass is 35.5. The Kier molecular flexibility index (Phi) is 4.22. The van der Waals surface area contributed by atoms with Gasteiger partial charge in [-0.15, -0.1) is 0 Å². The van der Waals surface area contributed by atoms with Gasteiger partial charge in [0.25, 0.3) is 0 Å². The van der Waals surface area contributed by atoms with Gasteiger partial charge in [0.2, 0.25) is 0 Å². The third kappa shape index (κ3) is 2.95. The van der Waals surface area contributed by atoms with E-state index in [1.165, 1.54) is 0 Å². The van der Waals surface area contributed by atoms with Gasteiger partial charge in [-0.1, -0.05) is 23.2 Å². The van der Waals surface area contributed by atoms with Gasteiger partial charge in [-0.3, -0.25) is 5.84 Å². The number of halogens is 2. The molecule has 0 saturated heterocycles. The maximum Gasteiger partial charge on any atom is 0.0514 e. The van der Waals surface area contributed by atoms with Crippen LogP contribution in [0.25, 0.3) is 0 Å². The molecule has 0 bridgehead atoms. The second-order valence-corrected chi connectivity index (χ2v) is 2.68. The van der Waals surface area contributed by atoms with Crippen LogP contribution in [0, 0.1) is 0 Å². The predicted octanol–water partition coefficient (Wildman–Crippen LogP) is 1.45. The lowest BCUT2D eigenvalue weighted by Crippen LogP contribution is -2.06. The van der Waals surface area contributed by atoms with Gasteiger partial charge in [0.05, 0.1) is 5.69 Å². The molecule has 1 aromatic rings. The van der Waals surface area contributed by atoms with Crippen LogP contribution >= 0.6 is 23.2 Å². The third-order valence-electron chi connectivity index (χ3n) is 1.03. The molecule has 5 heteroatoms. The Labute approximate surface area is 74.4 Å². The molecule has 3 nitrogen and oxygen atoms in total. The molecule has 0 fully saturated rings. The summed E-state index contributed by atoms with van der Waals surface area (Å²) in [7, 11) is 0. The molecule has 0 spiro atoms. The largest absolute Gasteiger partial charge is 0.412 e. The Morgan fingerprint density at radius 3 is 1.91 bits per heavy atom. The number of benzene rings is 1. The van der Waals surface area contributed by atoms with Gasteiger partial charge in [-0.05, 0) is 18.2 Å². The summed E-state index contributed by atoms with van der Waals surface area (Å²) in [5.74, 6) is 5.12. The van der Waals surface area contributed by atoms with E-state index >= 15 is 0 Å². The van der Waals surface area contributed by atoms with E-state index in [1.54, 1.807) is 18.2 Å². The van der Waals surface area contributed by atoms with Crippen LogP contribution in [0.5, 0.6) is 0 Å². The van der Waals surface area contributed by atoms with Crippen molar-refractivity contribution in [1.82, 2.24) is 0 Å². The zero-order chi connectivity index (χ0) is 7.56. The van der Waals surface area contributed by atoms with E-state index in [0.29, 0.717) is 15.7 Å². The highest BCUT2D eigenvalue weighted by Crippen LogP contribution is 2.21. The van der Waals surface area contributed by atoms with E-state index in [-0.39, 0.29) is 5.48 Å². The van der Waals surface area contributed by atoms with E-state index in [1.807, 2.05) is 0 Å². The fraction of sp³-hybridized carbons (Fsp3) is 0. The first-order chi connectivity index (χ1) is 4.72. The van der Waals surface area contributed by atoms with Crippen LogP contribution in [0.2, 0.25) is 10.0 Å². The van der Waals surface area contributed by atoms with Crippen LogP contribution < -0.4 is 11.3 Å². The first kappa shape index (κ1) is 10.5. The Hall–Kier alpha value is -0.480. The molecule has 0 atom stereocenters. The van der Waals surface area contributed by atoms with Crippen LogP contribution in [0.4, 0.5) is 5.69 Å². The number of nitrogens with two attached hydrogens (primary N) is 1. The van der Waals surface area contributed by atoms with E-state index in [9.17, 15) is 0 Å². The highest BCUT2D eigenvalue weighted by molar-refractivity contribution is 6.35. The molecule has 0 saturated carbocycles. The van der Waals surface area contributed by atoms with Crippen molar-refractivity contribution in [2.45, 2.75) is 0 Å². The van der Waals surface area contributed by atoms with Crippen molar-refractivity contribution < 1.29 is 5.48 Å². The summed E-state index contributed by atoms with van der Waals surface area (Å²) >= 11 is 11.3. The van der Waals surface area contributed by atoms with Crippen LogP contribution in [0.3, 0.4) is 0 Å². The topological polar surface area (TPSA) is 69.5 Å². The van der Waals surface area contributed by atoms with Gasteiger partial charge in [0.15, 0.2) is 0 Å². The van der Waals surface area contributed by atoms with Crippen molar-refractivity contribution in [1.29, 1.82) is 0 Å². The molecule has 0 aliphatic heterocycles. The minimum atomic E-state index is 0.